The smallest absolute Gasteiger partial charge is 0.191 e. The highest BCUT2D eigenvalue weighted by molar-refractivity contribution is 7.99. The molecule has 0 spiro atoms. The summed E-state index contributed by atoms with van der Waals surface area (Å²) in [4.78, 5) is 9.37. The number of hydrogen-bond acceptors (Lipinski definition) is 10. The Labute approximate surface area is 225 Å². The molecule has 2 aromatic rings. The zero-order chi connectivity index (χ0) is 27.0. The van der Waals surface area contributed by atoms with Gasteiger partial charge >= 0.3 is 0 Å². The van der Waals surface area contributed by atoms with Crippen molar-refractivity contribution < 1.29 is 28.1 Å². The van der Waals surface area contributed by atoms with Gasteiger partial charge in [-0.05, 0) is 50.8 Å². The molecule has 9 nitrogen and oxygen atoms in total. The Bertz CT molecular complexity index is 1160. The average Bonchev–Trinajstić information content (AvgIpc) is 3.47. The van der Waals surface area contributed by atoms with Gasteiger partial charge in [-0.3, -0.25) is 0 Å². The molecule has 5 rings (SSSR count). The van der Waals surface area contributed by atoms with Gasteiger partial charge in [-0.25, -0.2) is 18.7 Å². The standard InChI is InChI=1S/C26H35F2N5O4S/c1-4-9-38-25-32-23(30-17-11-14(17)13-5-6-15(27)16(28)10-13)20(29)24(33-25)31-18-12-19(35-8-7-34)22-21(18)36-26(2,3)37-22/h5-6,10,14,17-19,21-22,34H,4,7-9,11-12,29H2,1-3H3,(H2,30,31,32,33)/t14-,17+,18+,19-,21-,22+/m0/s1. The van der Waals surface area contributed by atoms with Crippen molar-refractivity contribution in [1.29, 1.82) is 0 Å². The Morgan fingerprint density at radius 2 is 1.82 bits per heavy atom. The topological polar surface area (TPSA) is 124 Å². The number of aromatic nitrogens is 2. The molecule has 5 N–H and O–H groups in total. The lowest BCUT2D eigenvalue weighted by molar-refractivity contribution is -0.167. The van der Waals surface area contributed by atoms with E-state index in [2.05, 4.69) is 22.5 Å². The van der Waals surface area contributed by atoms with Gasteiger partial charge < -0.3 is 35.7 Å². The molecule has 2 heterocycles. The lowest BCUT2D eigenvalue weighted by Gasteiger charge is -2.25. The van der Waals surface area contributed by atoms with E-state index < -0.39 is 17.4 Å². The van der Waals surface area contributed by atoms with Crippen LogP contribution in [0.4, 0.5) is 26.1 Å². The summed E-state index contributed by atoms with van der Waals surface area (Å²) in [6.45, 7) is 5.96. The Morgan fingerprint density at radius 3 is 2.50 bits per heavy atom. The van der Waals surface area contributed by atoms with E-state index in [-0.39, 0.29) is 49.5 Å². The van der Waals surface area contributed by atoms with Crippen LogP contribution in [0.15, 0.2) is 23.4 Å². The normalized spacial score (nSPS) is 29.3. The molecule has 12 heteroatoms. The van der Waals surface area contributed by atoms with Gasteiger partial charge in [-0.2, -0.15) is 0 Å². The second kappa shape index (κ2) is 11.1. The van der Waals surface area contributed by atoms with Crippen molar-refractivity contribution in [3.8, 4) is 0 Å². The molecule has 3 fully saturated rings. The van der Waals surface area contributed by atoms with Crippen molar-refractivity contribution in [2.45, 2.75) is 87.3 Å². The van der Waals surface area contributed by atoms with E-state index in [4.69, 9.17) is 24.9 Å². The first-order valence-corrected chi connectivity index (χ1v) is 14.0. The summed E-state index contributed by atoms with van der Waals surface area (Å²) in [7, 11) is 0. The van der Waals surface area contributed by atoms with Crippen LogP contribution in [0.1, 0.15) is 51.5 Å². The number of nitrogens with zero attached hydrogens (tertiary/aromatic N) is 2. The van der Waals surface area contributed by atoms with Crippen LogP contribution >= 0.6 is 11.8 Å². The van der Waals surface area contributed by atoms with Crippen molar-refractivity contribution >= 4 is 29.1 Å². The van der Waals surface area contributed by atoms with Gasteiger partial charge in [0, 0.05) is 17.7 Å². The van der Waals surface area contributed by atoms with Crippen LogP contribution < -0.4 is 16.4 Å². The second-order valence-electron chi connectivity index (χ2n) is 10.4. The lowest BCUT2D eigenvalue weighted by atomic mass is 10.1. The Hall–Kier alpha value is -2.25. The Kier molecular flexibility index (Phi) is 7.97. The van der Waals surface area contributed by atoms with E-state index in [1.807, 2.05) is 13.8 Å². The largest absolute Gasteiger partial charge is 0.394 e. The summed E-state index contributed by atoms with van der Waals surface area (Å²) in [5.41, 5.74) is 7.67. The van der Waals surface area contributed by atoms with Crippen molar-refractivity contribution in [2.75, 3.05) is 35.3 Å². The van der Waals surface area contributed by atoms with E-state index in [9.17, 15) is 13.9 Å². The Morgan fingerprint density at radius 1 is 1.11 bits per heavy atom. The number of anilines is 3. The van der Waals surface area contributed by atoms with Crippen LogP contribution in [0.25, 0.3) is 0 Å². The third-order valence-electron chi connectivity index (χ3n) is 7.00. The number of aliphatic hydroxyl groups is 1. The number of fused-ring (bicyclic) bond motifs is 1. The summed E-state index contributed by atoms with van der Waals surface area (Å²) in [5.74, 6) is -0.589. The number of thioether (sulfide) groups is 1. The molecule has 0 amide bonds. The molecule has 1 aliphatic heterocycles. The highest BCUT2D eigenvalue weighted by Crippen LogP contribution is 2.45. The number of benzene rings is 1. The first-order chi connectivity index (χ1) is 18.2. The van der Waals surface area contributed by atoms with Crippen molar-refractivity contribution in [3.05, 3.63) is 35.4 Å². The first-order valence-electron chi connectivity index (χ1n) is 13.1. The van der Waals surface area contributed by atoms with Gasteiger partial charge in [-0.15, -0.1) is 0 Å². The third-order valence-corrected chi connectivity index (χ3v) is 8.06. The molecule has 1 aromatic carbocycles. The molecule has 1 aromatic heterocycles. The van der Waals surface area contributed by atoms with Crippen LogP contribution in [0, 0.1) is 11.6 Å². The fourth-order valence-electron chi connectivity index (χ4n) is 5.19. The number of nitrogens with one attached hydrogen (secondary N) is 2. The molecule has 0 unspecified atom stereocenters. The van der Waals surface area contributed by atoms with E-state index in [0.717, 1.165) is 30.2 Å². The average molecular weight is 552 g/mol. The van der Waals surface area contributed by atoms with Gasteiger partial charge in [0.05, 0.1) is 25.4 Å². The number of aliphatic hydroxyl groups excluding tert-OH is 1. The van der Waals surface area contributed by atoms with Crippen LogP contribution in [0.2, 0.25) is 0 Å². The number of nitrogen functional groups attached to an aromatic ring is 1. The monoisotopic (exact) mass is 551 g/mol. The molecular weight excluding hydrogens is 516 g/mol. The van der Waals surface area contributed by atoms with Gasteiger partial charge in [0.2, 0.25) is 0 Å². The number of rotatable bonds is 11. The molecule has 1 saturated heterocycles. The van der Waals surface area contributed by atoms with Gasteiger partial charge in [0.1, 0.15) is 17.9 Å². The van der Waals surface area contributed by atoms with E-state index in [1.54, 1.807) is 6.07 Å². The van der Waals surface area contributed by atoms with Crippen LogP contribution in [-0.4, -0.2) is 70.2 Å². The maximum atomic E-state index is 13.8. The highest BCUT2D eigenvalue weighted by atomic mass is 32.2. The predicted octanol–water partition coefficient (Wildman–Crippen LogP) is 3.89. The number of ether oxygens (including phenoxy) is 3. The molecule has 2 saturated carbocycles. The highest BCUT2D eigenvalue weighted by Gasteiger charge is 2.55. The van der Waals surface area contributed by atoms with E-state index in [0.29, 0.717) is 28.9 Å². The molecule has 208 valence electrons. The summed E-state index contributed by atoms with van der Waals surface area (Å²) in [6.07, 6.45) is 1.49. The second-order valence-corrected chi connectivity index (χ2v) is 11.5. The number of halogens is 2. The zero-order valence-electron chi connectivity index (χ0n) is 21.7. The van der Waals surface area contributed by atoms with E-state index in [1.165, 1.54) is 17.8 Å². The summed E-state index contributed by atoms with van der Waals surface area (Å²) in [6, 6.07) is 3.82. The van der Waals surface area contributed by atoms with Crippen molar-refractivity contribution in [2.24, 2.45) is 0 Å². The minimum Gasteiger partial charge on any atom is -0.394 e. The summed E-state index contributed by atoms with van der Waals surface area (Å²) >= 11 is 1.54. The minimum absolute atomic E-state index is 0.00609. The van der Waals surface area contributed by atoms with Gasteiger partial charge in [0.15, 0.2) is 34.2 Å². The first kappa shape index (κ1) is 27.3. The molecule has 2 aliphatic carbocycles. The quantitative estimate of drug-likeness (QED) is 0.242. The van der Waals surface area contributed by atoms with Crippen LogP contribution in [-0.2, 0) is 14.2 Å². The molecule has 38 heavy (non-hydrogen) atoms. The summed E-state index contributed by atoms with van der Waals surface area (Å²) in [5, 5.41) is 16.7. The van der Waals surface area contributed by atoms with E-state index >= 15 is 0 Å². The molecule has 3 aliphatic rings. The number of hydrogen-bond donors (Lipinski definition) is 4. The fraction of sp³-hybridized carbons (Fsp3) is 0.615. The number of nitrogens with two attached hydrogens (primary N) is 1. The predicted molar refractivity (Wildman–Crippen MR) is 141 cm³/mol. The third kappa shape index (κ3) is 5.84. The van der Waals surface area contributed by atoms with Gasteiger partial charge in [-0.1, -0.05) is 24.8 Å². The van der Waals surface area contributed by atoms with Gasteiger partial charge in [0.25, 0.3) is 0 Å². The lowest BCUT2D eigenvalue weighted by Crippen LogP contribution is -2.35. The molecular formula is C26H35F2N5O4S. The SMILES string of the molecule is CCCSc1nc(N[C@@H]2C[C@H](OCCO)[C@H]3OC(C)(C)O[C@H]32)c(N)c(N[C@@H]2C[C@H]2c2ccc(F)c(F)c2)n1. The molecule has 6 atom stereocenters. The molecule has 0 bridgehead atoms. The van der Waals surface area contributed by atoms with Crippen molar-refractivity contribution in [3.63, 3.8) is 0 Å². The zero-order valence-corrected chi connectivity index (χ0v) is 22.6. The minimum atomic E-state index is -0.856. The molecule has 0 radical (unpaired) electrons. The summed E-state index contributed by atoms with van der Waals surface area (Å²) < 4.78 is 45.3. The Balaban J connectivity index is 1.35. The fourth-order valence-corrected chi connectivity index (χ4v) is 5.88. The maximum absolute atomic E-state index is 13.8. The van der Waals surface area contributed by atoms with Crippen LogP contribution in [0.3, 0.4) is 0 Å². The maximum Gasteiger partial charge on any atom is 0.191 e. The van der Waals surface area contributed by atoms with Crippen LogP contribution in [0.5, 0.6) is 0 Å². The van der Waals surface area contributed by atoms with Crippen molar-refractivity contribution in [1.82, 2.24) is 9.97 Å².